The van der Waals surface area contributed by atoms with Crippen LogP contribution in [0.25, 0.3) is 0 Å². The van der Waals surface area contributed by atoms with Gasteiger partial charge in [0.1, 0.15) is 11.6 Å². The average Bonchev–Trinajstić information content (AvgIpc) is 3.17. The third-order valence-electron chi connectivity index (χ3n) is 8.75. The van der Waals surface area contributed by atoms with Gasteiger partial charge in [-0.2, -0.15) is 9.97 Å². The van der Waals surface area contributed by atoms with Crippen molar-refractivity contribution in [2.24, 2.45) is 0 Å². The number of nitrogens with zero attached hydrogens (tertiary/aromatic N) is 6. The highest BCUT2D eigenvalue weighted by atomic mass is 31.2. The molecule has 0 spiro atoms. The highest BCUT2D eigenvalue weighted by Crippen LogP contribution is 2.54. The van der Waals surface area contributed by atoms with Crippen molar-refractivity contribution in [2.75, 3.05) is 57.5 Å². The minimum Gasteiger partial charge on any atom is -0.352 e. The first-order valence-electron chi connectivity index (χ1n) is 17.1. The van der Waals surface area contributed by atoms with Crippen molar-refractivity contribution >= 4 is 31.1 Å². The monoisotopic (exact) mass is 747 g/mol. The molecule has 0 aliphatic carbocycles. The Bertz CT molecular complexity index is 2060. The number of carbonyl (C=O) groups is 2. The van der Waals surface area contributed by atoms with Crippen LogP contribution in [-0.2, 0) is 18.6 Å². The van der Waals surface area contributed by atoms with E-state index in [0.717, 1.165) is 0 Å². The molecule has 2 aliphatic heterocycles. The second kappa shape index (κ2) is 16.9. The van der Waals surface area contributed by atoms with Crippen LogP contribution in [0.2, 0.25) is 0 Å². The fourth-order valence-electron chi connectivity index (χ4n) is 5.92. The molecular weight excluding hydrogens is 705 g/mol. The van der Waals surface area contributed by atoms with E-state index in [1.165, 1.54) is 38.3 Å². The van der Waals surface area contributed by atoms with Crippen LogP contribution in [0.4, 0.5) is 11.6 Å². The van der Waals surface area contributed by atoms with Gasteiger partial charge in [0, 0.05) is 43.2 Å². The van der Waals surface area contributed by atoms with E-state index in [0.29, 0.717) is 30.6 Å². The SMILES string of the molecule is CC[C@@H]1CN([P@@](=O)(OC[C@@H]2CNC[C@H](n3ccc(NC(=O)c4ccccc4)nc3=O)O2)N(C)C)C[C@H](n2ccc(NC(=O)c3ccccc3)nc2=O)O1. The normalized spacial score (nSPS) is 21.8. The van der Waals surface area contributed by atoms with Gasteiger partial charge < -0.3 is 29.9 Å². The Balaban J connectivity index is 1.11. The van der Waals surface area contributed by atoms with Gasteiger partial charge in [0.15, 0.2) is 12.5 Å². The summed E-state index contributed by atoms with van der Waals surface area (Å²) in [5, 5.41) is 8.49. The van der Waals surface area contributed by atoms with Crippen molar-refractivity contribution in [1.82, 2.24) is 33.8 Å². The number of rotatable bonds is 12. The van der Waals surface area contributed by atoms with Crippen LogP contribution in [0, 0.1) is 0 Å². The first-order chi connectivity index (χ1) is 25.5. The smallest absolute Gasteiger partial charge is 0.351 e. The Morgan fingerprint density at radius 1 is 0.811 bits per heavy atom. The van der Waals surface area contributed by atoms with Crippen LogP contribution >= 0.6 is 7.67 Å². The minimum absolute atomic E-state index is 0.0455. The summed E-state index contributed by atoms with van der Waals surface area (Å²) in [6, 6.07) is 20.2. The summed E-state index contributed by atoms with van der Waals surface area (Å²) in [4.78, 5) is 59.3. The summed E-state index contributed by atoms with van der Waals surface area (Å²) in [6.45, 7) is 2.84. The quantitative estimate of drug-likeness (QED) is 0.180. The van der Waals surface area contributed by atoms with Gasteiger partial charge in [0.25, 0.3) is 11.8 Å². The number of benzene rings is 2. The molecule has 53 heavy (non-hydrogen) atoms. The lowest BCUT2D eigenvalue weighted by molar-refractivity contribution is -0.112. The highest BCUT2D eigenvalue weighted by molar-refractivity contribution is 7.53. The summed E-state index contributed by atoms with van der Waals surface area (Å²) < 4.78 is 39.0. The minimum atomic E-state index is -3.70. The third-order valence-corrected chi connectivity index (χ3v) is 11.3. The van der Waals surface area contributed by atoms with E-state index in [1.807, 2.05) is 6.92 Å². The molecule has 2 amide bonds. The van der Waals surface area contributed by atoms with Crippen LogP contribution in [-0.4, -0.2) is 99.3 Å². The highest BCUT2D eigenvalue weighted by Gasteiger charge is 2.42. The molecule has 17 nitrogen and oxygen atoms in total. The topological polar surface area (TPSA) is 191 Å². The van der Waals surface area contributed by atoms with Crippen LogP contribution in [0.3, 0.4) is 0 Å². The molecule has 2 saturated heterocycles. The molecule has 5 atom stereocenters. The van der Waals surface area contributed by atoms with Crippen LogP contribution in [0.1, 0.15) is 46.5 Å². The summed E-state index contributed by atoms with van der Waals surface area (Å²) in [5.74, 6) is -0.601. The molecule has 0 radical (unpaired) electrons. The molecule has 6 rings (SSSR count). The van der Waals surface area contributed by atoms with Gasteiger partial charge in [0.05, 0.1) is 25.4 Å². The summed E-state index contributed by atoms with van der Waals surface area (Å²) in [6.07, 6.45) is 0.995. The first kappa shape index (κ1) is 37.9. The fourth-order valence-corrected chi connectivity index (χ4v) is 7.92. The molecule has 3 N–H and O–H groups in total. The van der Waals surface area contributed by atoms with Crippen LogP contribution < -0.4 is 27.3 Å². The van der Waals surface area contributed by atoms with Crippen molar-refractivity contribution in [3.63, 3.8) is 0 Å². The zero-order chi connectivity index (χ0) is 37.5. The van der Waals surface area contributed by atoms with Crippen molar-refractivity contribution in [3.8, 4) is 0 Å². The van der Waals surface area contributed by atoms with Crippen molar-refractivity contribution in [3.05, 3.63) is 117 Å². The number of aromatic nitrogens is 4. The summed E-state index contributed by atoms with van der Waals surface area (Å²) >= 11 is 0. The molecule has 4 heterocycles. The lowest BCUT2D eigenvalue weighted by atomic mass is 10.2. The molecule has 4 aromatic rings. The number of nitrogens with one attached hydrogen (secondary N) is 3. The van der Waals surface area contributed by atoms with Crippen LogP contribution in [0.5, 0.6) is 0 Å². The van der Waals surface area contributed by atoms with Crippen molar-refractivity contribution < 1.29 is 28.2 Å². The fraction of sp³-hybridized carbons (Fsp3) is 0.371. The Hall–Kier alpha value is -4.87. The first-order valence-corrected chi connectivity index (χ1v) is 18.7. The maximum atomic E-state index is 14.6. The van der Waals surface area contributed by atoms with E-state index in [1.54, 1.807) is 79.4 Å². The Kier molecular flexibility index (Phi) is 12.0. The zero-order valence-electron chi connectivity index (χ0n) is 29.5. The van der Waals surface area contributed by atoms with Gasteiger partial charge >= 0.3 is 19.0 Å². The van der Waals surface area contributed by atoms with Gasteiger partial charge in [-0.15, -0.1) is 0 Å². The molecule has 2 aromatic carbocycles. The molecular formula is C35H42N9O8P. The van der Waals surface area contributed by atoms with Gasteiger partial charge in [-0.05, 0) is 56.9 Å². The molecule has 0 saturated carbocycles. The number of carbonyl (C=O) groups excluding carboxylic acids is 2. The number of hydrogen-bond acceptors (Lipinski definition) is 11. The largest absolute Gasteiger partial charge is 0.352 e. The lowest BCUT2D eigenvalue weighted by Crippen LogP contribution is -2.49. The van der Waals surface area contributed by atoms with Crippen molar-refractivity contribution in [1.29, 1.82) is 0 Å². The number of morpholine rings is 2. The third kappa shape index (κ3) is 9.03. The van der Waals surface area contributed by atoms with E-state index in [9.17, 15) is 23.7 Å². The van der Waals surface area contributed by atoms with E-state index in [4.69, 9.17) is 14.0 Å². The average molecular weight is 748 g/mol. The number of anilines is 2. The Labute approximate surface area is 305 Å². The standard InChI is InChI=1S/C35H42N9O8P/c1-4-26-21-42(22-31(51-26)44-18-16-29(40-35(44)48)38-33(46)25-13-9-6-10-14-25)53(49,41(2)3)50-23-27-19-36-20-30(52-27)43-17-15-28(39-34(43)47)37-32(45)24-11-7-5-8-12-24/h5-18,26-27,30-31,36H,4,19-23H2,1-3H3,(H,37,39,45,47)(H,38,40,46,48)/t26-,27+,30-,31-,53+/m1/s1. The van der Waals surface area contributed by atoms with Crippen LogP contribution in [0.15, 0.2) is 94.8 Å². The Morgan fingerprint density at radius 2 is 1.34 bits per heavy atom. The zero-order valence-corrected chi connectivity index (χ0v) is 30.4. The molecule has 2 aromatic heterocycles. The van der Waals surface area contributed by atoms with Gasteiger partial charge in [0.2, 0.25) is 0 Å². The molecule has 0 bridgehead atoms. The molecule has 0 unspecified atom stereocenters. The van der Waals surface area contributed by atoms with E-state index >= 15 is 0 Å². The van der Waals surface area contributed by atoms with E-state index < -0.39 is 49.4 Å². The predicted octanol–water partition coefficient (Wildman–Crippen LogP) is 2.79. The maximum absolute atomic E-state index is 14.6. The van der Waals surface area contributed by atoms with Gasteiger partial charge in [-0.3, -0.25) is 23.3 Å². The predicted molar refractivity (Wildman–Crippen MR) is 196 cm³/mol. The Morgan fingerprint density at radius 3 is 1.85 bits per heavy atom. The number of ether oxygens (including phenoxy) is 2. The van der Waals surface area contributed by atoms with Gasteiger partial charge in [-0.25, -0.2) is 18.9 Å². The second-order valence-corrected chi connectivity index (χ2v) is 15.2. The van der Waals surface area contributed by atoms with E-state index in [-0.39, 0.29) is 37.4 Å². The maximum Gasteiger partial charge on any atom is 0.351 e. The van der Waals surface area contributed by atoms with Crippen molar-refractivity contribution in [2.45, 2.75) is 38.0 Å². The van der Waals surface area contributed by atoms with Gasteiger partial charge in [-0.1, -0.05) is 43.3 Å². The summed E-state index contributed by atoms with van der Waals surface area (Å²) in [7, 11) is -0.403. The molecule has 2 fully saturated rings. The second-order valence-electron chi connectivity index (χ2n) is 12.6. The van der Waals surface area contributed by atoms with E-state index in [2.05, 4.69) is 25.9 Å². The summed E-state index contributed by atoms with van der Waals surface area (Å²) in [5.41, 5.74) is -0.419. The molecule has 280 valence electrons. The number of amides is 2. The number of hydrogen-bond donors (Lipinski definition) is 3. The lowest BCUT2D eigenvalue weighted by Gasteiger charge is -2.43. The molecule has 18 heteroatoms. The molecule has 2 aliphatic rings.